The Morgan fingerprint density at radius 1 is 1.48 bits per heavy atom. The van der Waals surface area contributed by atoms with Crippen LogP contribution in [0, 0.1) is 0 Å². The largest absolute Gasteiger partial charge is 0.496 e. The molecule has 23 heavy (non-hydrogen) atoms. The third-order valence-corrected chi connectivity index (χ3v) is 3.60. The lowest BCUT2D eigenvalue weighted by atomic mass is 10.0. The number of methoxy groups -OCH3 is 1. The van der Waals surface area contributed by atoms with Gasteiger partial charge in [0.2, 0.25) is 6.10 Å². The van der Waals surface area contributed by atoms with Gasteiger partial charge in [0, 0.05) is 37.3 Å². The first kappa shape index (κ1) is 15.1. The molecule has 7 heteroatoms. The number of aromatic nitrogens is 2. The predicted octanol–water partition coefficient (Wildman–Crippen LogP) is 1.24. The van der Waals surface area contributed by atoms with Gasteiger partial charge in [0.15, 0.2) is 0 Å². The van der Waals surface area contributed by atoms with Gasteiger partial charge in [-0.25, -0.2) is 0 Å². The molecule has 0 saturated heterocycles. The van der Waals surface area contributed by atoms with E-state index >= 15 is 0 Å². The smallest absolute Gasteiger partial charge is 0.264 e. The molecule has 3 rings (SSSR count). The van der Waals surface area contributed by atoms with Crippen LogP contribution < -0.4 is 10.1 Å². The summed E-state index contributed by atoms with van der Waals surface area (Å²) in [5, 5.41) is 10.9. The number of oxime groups is 1. The maximum absolute atomic E-state index is 12.2. The second-order valence-corrected chi connectivity index (χ2v) is 5.28. The van der Waals surface area contributed by atoms with Crippen molar-refractivity contribution in [3.05, 3.63) is 47.8 Å². The summed E-state index contributed by atoms with van der Waals surface area (Å²) in [6, 6.07) is 7.54. The van der Waals surface area contributed by atoms with E-state index in [4.69, 9.17) is 9.57 Å². The normalized spacial score (nSPS) is 16.6. The van der Waals surface area contributed by atoms with Crippen LogP contribution in [0.5, 0.6) is 5.75 Å². The molecule has 7 nitrogen and oxygen atoms in total. The Bertz CT molecular complexity index is 738. The molecule has 120 valence electrons. The number of carbonyl (C=O) groups excluding carboxylic acids is 1. The first-order valence-electron chi connectivity index (χ1n) is 7.28. The van der Waals surface area contributed by atoms with Crippen molar-refractivity contribution in [2.45, 2.75) is 19.1 Å². The highest BCUT2D eigenvalue weighted by molar-refractivity contribution is 6.05. The van der Waals surface area contributed by atoms with Crippen molar-refractivity contribution in [1.29, 1.82) is 0 Å². The number of ether oxygens (including phenoxy) is 1. The Morgan fingerprint density at radius 3 is 3.04 bits per heavy atom. The molecule has 0 bridgehead atoms. The second-order valence-electron chi connectivity index (χ2n) is 5.28. The summed E-state index contributed by atoms with van der Waals surface area (Å²) in [7, 11) is 3.44. The van der Waals surface area contributed by atoms with Gasteiger partial charge in [-0.15, -0.1) is 0 Å². The fourth-order valence-corrected chi connectivity index (χ4v) is 2.43. The molecule has 1 amide bonds. The highest BCUT2D eigenvalue weighted by Gasteiger charge is 2.29. The molecule has 1 unspecified atom stereocenters. The van der Waals surface area contributed by atoms with Crippen molar-refractivity contribution in [2.24, 2.45) is 12.2 Å². The number of nitrogens with one attached hydrogen (secondary N) is 1. The molecular weight excluding hydrogens is 296 g/mol. The van der Waals surface area contributed by atoms with Gasteiger partial charge >= 0.3 is 0 Å². The molecule has 0 aliphatic carbocycles. The minimum Gasteiger partial charge on any atom is -0.496 e. The summed E-state index contributed by atoms with van der Waals surface area (Å²) >= 11 is 0. The fourth-order valence-electron chi connectivity index (χ4n) is 2.43. The molecule has 1 aromatic heterocycles. The SMILES string of the molecule is COc1ccccc1C1=NOC(C(=O)NCc2cnn(C)c2)C1. The number of aryl methyl sites for hydroxylation is 1. The second kappa shape index (κ2) is 6.51. The predicted molar refractivity (Wildman–Crippen MR) is 84.1 cm³/mol. The van der Waals surface area contributed by atoms with Crippen LogP contribution >= 0.6 is 0 Å². The monoisotopic (exact) mass is 314 g/mol. The summed E-state index contributed by atoms with van der Waals surface area (Å²) in [5.74, 6) is 0.522. The Labute approximate surface area is 133 Å². The lowest BCUT2D eigenvalue weighted by Gasteiger charge is -2.09. The topological polar surface area (TPSA) is 77.7 Å². The van der Waals surface area contributed by atoms with Gasteiger partial charge in [-0.05, 0) is 12.1 Å². The van der Waals surface area contributed by atoms with Gasteiger partial charge in [-0.1, -0.05) is 17.3 Å². The average Bonchev–Trinajstić information content (AvgIpc) is 3.21. The summed E-state index contributed by atoms with van der Waals surface area (Å²) < 4.78 is 7.01. The van der Waals surface area contributed by atoms with Crippen LogP contribution in [0.15, 0.2) is 41.8 Å². The van der Waals surface area contributed by atoms with Gasteiger partial charge < -0.3 is 14.9 Å². The average molecular weight is 314 g/mol. The van der Waals surface area contributed by atoms with E-state index in [9.17, 15) is 4.79 Å². The lowest BCUT2D eigenvalue weighted by molar-refractivity contribution is -0.131. The molecule has 1 aromatic carbocycles. The number of para-hydroxylation sites is 1. The first-order valence-corrected chi connectivity index (χ1v) is 7.28. The lowest BCUT2D eigenvalue weighted by Crippen LogP contribution is -2.34. The van der Waals surface area contributed by atoms with Gasteiger partial charge in [0.1, 0.15) is 5.75 Å². The van der Waals surface area contributed by atoms with Crippen molar-refractivity contribution in [3.8, 4) is 5.75 Å². The number of amides is 1. The van der Waals surface area contributed by atoms with Gasteiger partial charge in [-0.2, -0.15) is 5.10 Å². The van der Waals surface area contributed by atoms with E-state index in [0.717, 1.165) is 11.1 Å². The summed E-state index contributed by atoms with van der Waals surface area (Å²) in [5.41, 5.74) is 2.49. The zero-order valence-corrected chi connectivity index (χ0v) is 13.0. The van der Waals surface area contributed by atoms with Gasteiger partial charge in [-0.3, -0.25) is 9.48 Å². The molecular formula is C16H18N4O3. The van der Waals surface area contributed by atoms with Gasteiger partial charge in [0.25, 0.3) is 5.91 Å². The number of rotatable bonds is 5. The van der Waals surface area contributed by atoms with Gasteiger partial charge in [0.05, 0.1) is 19.0 Å². The van der Waals surface area contributed by atoms with Crippen molar-refractivity contribution < 1.29 is 14.4 Å². The van der Waals surface area contributed by atoms with Crippen molar-refractivity contribution in [3.63, 3.8) is 0 Å². The standard InChI is InChI=1S/C16H18N4O3/c1-20-10-11(9-18-20)8-17-16(21)15-7-13(19-23-15)12-5-3-4-6-14(12)22-2/h3-6,9-10,15H,7-8H2,1-2H3,(H,17,21). The van der Waals surface area contributed by atoms with E-state index in [1.807, 2.05) is 37.5 Å². The number of carbonyl (C=O) groups is 1. The van der Waals surface area contributed by atoms with E-state index in [0.29, 0.717) is 24.4 Å². The first-order chi connectivity index (χ1) is 11.2. The Balaban J connectivity index is 1.59. The van der Waals surface area contributed by atoms with Crippen molar-refractivity contribution in [1.82, 2.24) is 15.1 Å². The molecule has 2 heterocycles. The molecule has 0 saturated carbocycles. The maximum atomic E-state index is 12.2. The Kier molecular flexibility index (Phi) is 4.27. The zero-order valence-electron chi connectivity index (χ0n) is 13.0. The summed E-state index contributed by atoms with van der Waals surface area (Å²) in [6.07, 6.45) is 3.37. The number of benzene rings is 1. The molecule has 1 aliphatic heterocycles. The van der Waals surface area contributed by atoms with Crippen LogP contribution in [0.4, 0.5) is 0 Å². The van der Waals surface area contributed by atoms with Crippen LogP contribution in [0.3, 0.4) is 0 Å². The minimum atomic E-state index is -0.619. The highest BCUT2D eigenvalue weighted by Crippen LogP contribution is 2.24. The van der Waals surface area contributed by atoms with Crippen LogP contribution in [-0.4, -0.2) is 34.6 Å². The van der Waals surface area contributed by atoms with Crippen LogP contribution in [0.25, 0.3) is 0 Å². The van der Waals surface area contributed by atoms with E-state index in [1.165, 1.54) is 0 Å². The minimum absolute atomic E-state index is 0.192. The third kappa shape index (κ3) is 3.33. The van der Waals surface area contributed by atoms with E-state index in [2.05, 4.69) is 15.6 Å². The van der Waals surface area contributed by atoms with Crippen LogP contribution in [0.1, 0.15) is 17.5 Å². The molecule has 0 fully saturated rings. The molecule has 1 N–H and O–H groups in total. The van der Waals surface area contributed by atoms with E-state index in [-0.39, 0.29) is 5.91 Å². The quantitative estimate of drug-likeness (QED) is 0.900. The molecule has 1 atom stereocenters. The Hall–Kier alpha value is -2.83. The number of hydrogen-bond acceptors (Lipinski definition) is 5. The summed E-state index contributed by atoms with van der Waals surface area (Å²) in [4.78, 5) is 17.5. The van der Waals surface area contributed by atoms with Crippen molar-refractivity contribution in [2.75, 3.05) is 7.11 Å². The van der Waals surface area contributed by atoms with Crippen molar-refractivity contribution >= 4 is 11.6 Å². The van der Waals surface area contributed by atoms with Crippen LogP contribution in [-0.2, 0) is 23.2 Å². The third-order valence-electron chi connectivity index (χ3n) is 3.60. The molecule has 0 spiro atoms. The highest BCUT2D eigenvalue weighted by atomic mass is 16.6. The number of hydrogen-bond donors (Lipinski definition) is 1. The zero-order chi connectivity index (χ0) is 16.2. The fraction of sp³-hybridized carbons (Fsp3) is 0.312. The van der Waals surface area contributed by atoms with E-state index in [1.54, 1.807) is 18.0 Å². The summed E-state index contributed by atoms with van der Waals surface area (Å²) in [6.45, 7) is 0.413. The van der Waals surface area contributed by atoms with E-state index < -0.39 is 6.10 Å². The maximum Gasteiger partial charge on any atom is 0.264 e. The molecule has 1 aliphatic rings. The number of nitrogens with zero attached hydrogens (tertiary/aromatic N) is 3. The molecule has 2 aromatic rings. The molecule has 0 radical (unpaired) electrons. The van der Waals surface area contributed by atoms with Crippen LogP contribution in [0.2, 0.25) is 0 Å². The Morgan fingerprint density at radius 2 is 2.30 bits per heavy atom.